The zero-order chi connectivity index (χ0) is 21.6. The maximum Gasteiger partial charge on any atom is 0.204 e. The van der Waals surface area contributed by atoms with E-state index >= 15 is 0 Å². The molecule has 0 spiro atoms. The molecular weight excluding hydrogens is 390 g/mol. The number of terminal acetylenes is 1. The zero-order valence-electron chi connectivity index (χ0n) is 18.0. The highest BCUT2D eigenvalue weighted by atomic mass is 16.6. The van der Waals surface area contributed by atoms with Crippen LogP contribution in [0.2, 0.25) is 0 Å². The number of nitrogens with zero attached hydrogens (tertiary/aromatic N) is 2. The van der Waals surface area contributed by atoms with Gasteiger partial charge in [0.2, 0.25) is 5.75 Å². The Morgan fingerprint density at radius 2 is 1.87 bits per heavy atom. The first kappa shape index (κ1) is 20.8. The van der Waals surface area contributed by atoms with Crippen LogP contribution in [0.3, 0.4) is 0 Å². The summed E-state index contributed by atoms with van der Waals surface area (Å²) in [4.78, 5) is 8.95. The predicted molar refractivity (Wildman–Crippen MR) is 122 cm³/mol. The molecule has 1 aliphatic rings. The van der Waals surface area contributed by atoms with Gasteiger partial charge in [0.05, 0.1) is 17.0 Å². The lowest BCUT2D eigenvalue weighted by Gasteiger charge is -2.26. The quantitative estimate of drug-likeness (QED) is 0.490. The van der Waals surface area contributed by atoms with Crippen LogP contribution >= 0.6 is 0 Å². The highest BCUT2D eigenvalue weighted by molar-refractivity contribution is 5.99. The number of rotatable bonds is 8. The minimum absolute atomic E-state index is 0.132. The van der Waals surface area contributed by atoms with E-state index in [9.17, 15) is 0 Å². The summed E-state index contributed by atoms with van der Waals surface area (Å²) in [5.74, 6) is 5.19. The molecule has 0 atom stereocenters. The van der Waals surface area contributed by atoms with E-state index in [1.54, 1.807) is 0 Å². The van der Waals surface area contributed by atoms with E-state index in [0.717, 1.165) is 47.8 Å². The average Bonchev–Trinajstić information content (AvgIpc) is 2.79. The third-order valence-electron chi connectivity index (χ3n) is 5.18. The van der Waals surface area contributed by atoms with Gasteiger partial charge in [0.25, 0.3) is 0 Å². The third kappa shape index (κ3) is 4.51. The van der Waals surface area contributed by atoms with Crippen molar-refractivity contribution in [3.63, 3.8) is 0 Å². The fourth-order valence-corrected chi connectivity index (χ4v) is 3.80. The van der Waals surface area contributed by atoms with E-state index in [0.29, 0.717) is 36.3 Å². The van der Waals surface area contributed by atoms with Gasteiger partial charge in [-0.2, -0.15) is 0 Å². The van der Waals surface area contributed by atoms with Crippen LogP contribution in [0.25, 0.3) is 10.9 Å². The molecule has 4 rings (SSSR count). The van der Waals surface area contributed by atoms with Gasteiger partial charge in [-0.25, -0.2) is 9.97 Å². The Labute approximate surface area is 183 Å². The summed E-state index contributed by atoms with van der Waals surface area (Å²) in [5.41, 5.74) is 2.36. The molecule has 0 radical (unpaired) electrons. The minimum atomic E-state index is 0.132. The molecule has 0 fully saturated rings. The standard InChI is InChI=1S/C25H27N3O3/c1-4-8-19(9-5-2)31-21-15-20-22(24-23(21)29-12-13-30-24)25(27-16-26-20)28-18-11-7-10-17(6-3)14-18/h3,7,10-11,14-16,19H,4-5,8-9,12-13H2,1-2H3,(H,26,27,28). The van der Waals surface area contributed by atoms with Crippen molar-refractivity contribution in [3.05, 3.63) is 42.2 Å². The van der Waals surface area contributed by atoms with Crippen molar-refractivity contribution in [2.45, 2.75) is 45.6 Å². The van der Waals surface area contributed by atoms with Gasteiger partial charge in [0.15, 0.2) is 11.5 Å². The topological polar surface area (TPSA) is 65.5 Å². The maximum atomic E-state index is 6.38. The Bertz CT molecular complexity index is 1100. The summed E-state index contributed by atoms with van der Waals surface area (Å²) in [6, 6.07) is 9.55. The first-order chi connectivity index (χ1) is 15.2. The minimum Gasteiger partial charge on any atom is -0.486 e. The van der Waals surface area contributed by atoms with Crippen molar-refractivity contribution in [2.24, 2.45) is 0 Å². The molecule has 31 heavy (non-hydrogen) atoms. The molecule has 1 aromatic heterocycles. The van der Waals surface area contributed by atoms with E-state index in [2.05, 4.69) is 35.1 Å². The Kier molecular flexibility index (Phi) is 6.42. The fourth-order valence-electron chi connectivity index (χ4n) is 3.80. The molecule has 2 heterocycles. The smallest absolute Gasteiger partial charge is 0.204 e. The molecule has 0 amide bonds. The molecule has 6 nitrogen and oxygen atoms in total. The molecule has 160 valence electrons. The Balaban J connectivity index is 1.78. The first-order valence-electron chi connectivity index (χ1n) is 10.8. The van der Waals surface area contributed by atoms with Crippen LogP contribution in [-0.2, 0) is 0 Å². The Morgan fingerprint density at radius 3 is 2.61 bits per heavy atom. The largest absolute Gasteiger partial charge is 0.486 e. The summed E-state index contributed by atoms with van der Waals surface area (Å²) in [6.07, 6.45) is 11.3. The van der Waals surface area contributed by atoms with Gasteiger partial charge in [0, 0.05) is 17.3 Å². The second kappa shape index (κ2) is 9.57. The zero-order valence-corrected chi connectivity index (χ0v) is 18.0. The van der Waals surface area contributed by atoms with Crippen LogP contribution in [0.5, 0.6) is 17.2 Å². The number of fused-ring (bicyclic) bond motifs is 3. The van der Waals surface area contributed by atoms with E-state index in [4.69, 9.17) is 20.6 Å². The van der Waals surface area contributed by atoms with Gasteiger partial charge < -0.3 is 19.5 Å². The number of aromatic nitrogens is 2. The number of benzene rings is 2. The van der Waals surface area contributed by atoms with E-state index in [-0.39, 0.29) is 6.10 Å². The van der Waals surface area contributed by atoms with Crippen molar-refractivity contribution >= 4 is 22.4 Å². The SMILES string of the molecule is C#Cc1cccc(Nc2ncnc3cc(OC(CCC)CCC)c4c(c23)OCCO4)c1. The third-order valence-corrected chi connectivity index (χ3v) is 5.18. The monoisotopic (exact) mass is 417 g/mol. The fraction of sp³-hybridized carbons (Fsp3) is 0.360. The Hall–Kier alpha value is -3.46. The summed E-state index contributed by atoms with van der Waals surface area (Å²) < 4.78 is 18.4. The molecule has 1 aliphatic heterocycles. The second-order valence-electron chi connectivity index (χ2n) is 7.51. The number of ether oxygens (including phenoxy) is 3. The van der Waals surface area contributed by atoms with Crippen LogP contribution in [0.15, 0.2) is 36.7 Å². The molecule has 6 heteroatoms. The molecule has 0 saturated heterocycles. The van der Waals surface area contributed by atoms with Gasteiger partial charge in [-0.05, 0) is 31.0 Å². The van der Waals surface area contributed by atoms with Crippen LogP contribution in [0.4, 0.5) is 11.5 Å². The summed E-state index contributed by atoms with van der Waals surface area (Å²) in [7, 11) is 0. The van der Waals surface area contributed by atoms with E-state index < -0.39 is 0 Å². The van der Waals surface area contributed by atoms with Crippen molar-refractivity contribution in [2.75, 3.05) is 18.5 Å². The summed E-state index contributed by atoms with van der Waals surface area (Å²) >= 11 is 0. The number of hydrogen-bond donors (Lipinski definition) is 1. The lowest BCUT2D eigenvalue weighted by molar-refractivity contribution is 0.141. The first-order valence-corrected chi connectivity index (χ1v) is 10.8. The lowest BCUT2D eigenvalue weighted by atomic mass is 10.1. The van der Waals surface area contributed by atoms with Gasteiger partial charge >= 0.3 is 0 Å². The normalized spacial score (nSPS) is 12.6. The van der Waals surface area contributed by atoms with E-state index in [1.165, 1.54) is 6.33 Å². The molecule has 0 unspecified atom stereocenters. The molecule has 0 saturated carbocycles. The van der Waals surface area contributed by atoms with Crippen LogP contribution in [-0.4, -0.2) is 29.3 Å². The Morgan fingerprint density at radius 1 is 1.10 bits per heavy atom. The number of hydrogen-bond acceptors (Lipinski definition) is 6. The average molecular weight is 418 g/mol. The van der Waals surface area contributed by atoms with E-state index in [1.807, 2.05) is 30.3 Å². The van der Waals surface area contributed by atoms with Crippen molar-refractivity contribution < 1.29 is 14.2 Å². The molecular formula is C25H27N3O3. The molecule has 1 N–H and O–H groups in total. The highest BCUT2D eigenvalue weighted by Crippen LogP contribution is 2.47. The van der Waals surface area contributed by atoms with Gasteiger partial charge in [-0.3, -0.25) is 0 Å². The van der Waals surface area contributed by atoms with Crippen LogP contribution in [0.1, 0.15) is 45.1 Å². The van der Waals surface area contributed by atoms with Crippen molar-refractivity contribution in [1.82, 2.24) is 9.97 Å². The van der Waals surface area contributed by atoms with Crippen molar-refractivity contribution in [3.8, 4) is 29.6 Å². The molecule has 3 aromatic rings. The molecule has 2 aromatic carbocycles. The van der Waals surface area contributed by atoms with Gasteiger partial charge in [0.1, 0.15) is 25.4 Å². The second-order valence-corrected chi connectivity index (χ2v) is 7.51. The predicted octanol–water partition coefficient (Wildman–Crippen LogP) is 5.47. The summed E-state index contributed by atoms with van der Waals surface area (Å²) in [6.45, 7) is 5.27. The molecule has 0 bridgehead atoms. The summed E-state index contributed by atoms with van der Waals surface area (Å²) in [5, 5.41) is 4.11. The van der Waals surface area contributed by atoms with Crippen LogP contribution < -0.4 is 19.5 Å². The lowest BCUT2D eigenvalue weighted by Crippen LogP contribution is -2.20. The number of anilines is 2. The van der Waals surface area contributed by atoms with Gasteiger partial charge in [-0.1, -0.05) is 38.7 Å². The number of nitrogens with one attached hydrogen (secondary N) is 1. The van der Waals surface area contributed by atoms with Gasteiger partial charge in [-0.15, -0.1) is 6.42 Å². The molecule has 0 aliphatic carbocycles. The van der Waals surface area contributed by atoms with Crippen LogP contribution in [0, 0.1) is 12.3 Å². The highest BCUT2D eigenvalue weighted by Gasteiger charge is 2.26. The van der Waals surface area contributed by atoms with Crippen molar-refractivity contribution in [1.29, 1.82) is 0 Å². The maximum absolute atomic E-state index is 6.38.